The van der Waals surface area contributed by atoms with E-state index in [4.69, 9.17) is 0 Å². The molecule has 1 aromatic rings. The minimum absolute atomic E-state index is 0.00199. The van der Waals surface area contributed by atoms with Gasteiger partial charge in [0.2, 0.25) is 5.91 Å². The van der Waals surface area contributed by atoms with Crippen LogP contribution in [0.3, 0.4) is 0 Å². The number of hydrogen-bond donors (Lipinski definition) is 1. The second-order valence-electron chi connectivity index (χ2n) is 7.44. The molecular formula is C20H31N3O. The summed E-state index contributed by atoms with van der Waals surface area (Å²) in [7, 11) is 0. The van der Waals surface area contributed by atoms with E-state index in [1.54, 1.807) is 0 Å². The van der Waals surface area contributed by atoms with Crippen LogP contribution in [0.25, 0.3) is 0 Å². The molecule has 0 bridgehead atoms. The van der Waals surface area contributed by atoms with Crippen LogP contribution in [0.5, 0.6) is 0 Å². The van der Waals surface area contributed by atoms with Crippen molar-refractivity contribution in [3.63, 3.8) is 0 Å². The normalized spacial score (nSPS) is 18.8. The zero-order valence-corrected chi connectivity index (χ0v) is 15.2. The lowest BCUT2D eigenvalue weighted by atomic mass is 10.1. The van der Waals surface area contributed by atoms with Crippen LogP contribution in [0.2, 0.25) is 0 Å². The predicted octanol–water partition coefficient (Wildman–Crippen LogP) is 4.26. The third-order valence-electron chi connectivity index (χ3n) is 5.18. The van der Waals surface area contributed by atoms with Gasteiger partial charge in [0.15, 0.2) is 0 Å². The molecule has 3 rings (SSSR count). The van der Waals surface area contributed by atoms with Crippen LogP contribution in [0, 0.1) is 5.92 Å². The number of rotatable bonds is 4. The van der Waals surface area contributed by atoms with Gasteiger partial charge in [-0.25, -0.2) is 0 Å². The Labute approximate surface area is 146 Å². The van der Waals surface area contributed by atoms with Gasteiger partial charge in [-0.1, -0.05) is 13.8 Å². The first-order chi connectivity index (χ1) is 11.6. The maximum atomic E-state index is 12.3. The minimum atomic E-state index is -0.00199. The van der Waals surface area contributed by atoms with Crippen molar-refractivity contribution in [2.75, 3.05) is 41.3 Å². The fraction of sp³-hybridized carbons (Fsp3) is 0.650. The molecule has 132 valence electrons. The fourth-order valence-electron chi connectivity index (χ4n) is 3.66. The number of nitrogens with zero attached hydrogens (tertiary/aromatic N) is 2. The number of carbonyl (C=O) groups is 1. The van der Waals surface area contributed by atoms with E-state index < -0.39 is 0 Å². The van der Waals surface area contributed by atoms with E-state index in [0.717, 1.165) is 31.9 Å². The molecule has 2 aliphatic heterocycles. The molecule has 0 aliphatic carbocycles. The quantitative estimate of drug-likeness (QED) is 0.896. The molecular weight excluding hydrogens is 298 g/mol. The lowest BCUT2D eigenvalue weighted by Gasteiger charge is -2.33. The van der Waals surface area contributed by atoms with Crippen LogP contribution in [0.1, 0.15) is 52.4 Å². The van der Waals surface area contributed by atoms with E-state index in [1.165, 1.54) is 49.9 Å². The van der Waals surface area contributed by atoms with E-state index >= 15 is 0 Å². The summed E-state index contributed by atoms with van der Waals surface area (Å²) in [4.78, 5) is 17.2. The highest BCUT2D eigenvalue weighted by Crippen LogP contribution is 2.33. The van der Waals surface area contributed by atoms with Crippen LogP contribution in [0.15, 0.2) is 18.2 Å². The molecule has 1 N–H and O–H groups in total. The van der Waals surface area contributed by atoms with Gasteiger partial charge in [0.25, 0.3) is 0 Å². The first-order valence-corrected chi connectivity index (χ1v) is 9.60. The van der Waals surface area contributed by atoms with Gasteiger partial charge < -0.3 is 15.1 Å². The molecule has 0 radical (unpaired) electrons. The van der Waals surface area contributed by atoms with E-state index in [1.807, 2.05) is 13.8 Å². The smallest absolute Gasteiger partial charge is 0.226 e. The van der Waals surface area contributed by atoms with Crippen LogP contribution in [-0.2, 0) is 4.79 Å². The first-order valence-electron chi connectivity index (χ1n) is 9.60. The molecule has 0 saturated carbocycles. The zero-order valence-electron chi connectivity index (χ0n) is 15.2. The molecule has 0 spiro atoms. The summed E-state index contributed by atoms with van der Waals surface area (Å²) in [5.41, 5.74) is 3.41. The summed E-state index contributed by atoms with van der Waals surface area (Å²) in [6, 6.07) is 6.64. The molecule has 1 amide bonds. The van der Waals surface area contributed by atoms with Gasteiger partial charge in [0, 0.05) is 37.8 Å². The Balaban J connectivity index is 1.87. The molecule has 0 atom stereocenters. The van der Waals surface area contributed by atoms with Gasteiger partial charge in [0.05, 0.1) is 11.4 Å². The molecule has 2 saturated heterocycles. The van der Waals surface area contributed by atoms with Crippen molar-refractivity contribution in [2.45, 2.75) is 52.4 Å². The average molecular weight is 329 g/mol. The maximum absolute atomic E-state index is 12.3. The molecule has 2 aliphatic rings. The maximum Gasteiger partial charge on any atom is 0.226 e. The Hall–Kier alpha value is -1.71. The topological polar surface area (TPSA) is 35.6 Å². The summed E-state index contributed by atoms with van der Waals surface area (Å²) in [6.45, 7) is 8.33. The van der Waals surface area contributed by atoms with E-state index in [0.29, 0.717) is 0 Å². The van der Waals surface area contributed by atoms with Crippen molar-refractivity contribution in [1.82, 2.24) is 0 Å². The third kappa shape index (κ3) is 4.03. The number of benzene rings is 1. The highest BCUT2D eigenvalue weighted by molar-refractivity contribution is 5.96. The molecule has 2 fully saturated rings. The van der Waals surface area contributed by atoms with Crippen molar-refractivity contribution in [2.24, 2.45) is 5.92 Å². The van der Waals surface area contributed by atoms with Gasteiger partial charge in [-0.15, -0.1) is 0 Å². The van der Waals surface area contributed by atoms with Gasteiger partial charge in [-0.2, -0.15) is 0 Å². The summed E-state index contributed by atoms with van der Waals surface area (Å²) in [6.07, 6.45) is 7.66. The van der Waals surface area contributed by atoms with Gasteiger partial charge in [-0.3, -0.25) is 4.79 Å². The Kier molecular flexibility index (Phi) is 5.64. The van der Waals surface area contributed by atoms with Gasteiger partial charge in [0.1, 0.15) is 0 Å². The second-order valence-corrected chi connectivity index (χ2v) is 7.44. The summed E-state index contributed by atoms with van der Waals surface area (Å²) in [5.74, 6) is 0.0990. The van der Waals surface area contributed by atoms with Crippen molar-refractivity contribution >= 4 is 23.0 Å². The number of carbonyl (C=O) groups excluding carboxylic acids is 1. The monoisotopic (exact) mass is 329 g/mol. The highest BCUT2D eigenvalue weighted by Gasteiger charge is 2.19. The number of nitrogens with one attached hydrogen (secondary N) is 1. The van der Waals surface area contributed by atoms with Crippen LogP contribution in [-0.4, -0.2) is 32.1 Å². The Morgan fingerprint density at radius 2 is 1.50 bits per heavy atom. The van der Waals surface area contributed by atoms with E-state index in [9.17, 15) is 4.79 Å². The average Bonchev–Trinajstić information content (AvgIpc) is 2.63. The summed E-state index contributed by atoms with van der Waals surface area (Å²) >= 11 is 0. The second kappa shape index (κ2) is 7.91. The number of piperidine rings is 2. The number of hydrogen-bond acceptors (Lipinski definition) is 3. The molecule has 4 heteroatoms. The SMILES string of the molecule is CC(C)C(=O)Nc1cc(N2CCCCC2)ccc1N1CCCCC1. The summed E-state index contributed by atoms with van der Waals surface area (Å²) < 4.78 is 0. The first kappa shape index (κ1) is 17.1. The Morgan fingerprint density at radius 3 is 2.08 bits per heavy atom. The Bertz CT molecular complexity index is 558. The number of amides is 1. The molecule has 24 heavy (non-hydrogen) atoms. The van der Waals surface area contributed by atoms with Crippen molar-refractivity contribution in [1.29, 1.82) is 0 Å². The van der Waals surface area contributed by atoms with Crippen molar-refractivity contribution in [3.8, 4) is 0 Å². The van der Waals surface area contributed by atoms with Crippen molar-refractivity contribution < 1.29 is 4.79 Å². The largest absolute Gasteiger partial charge is 0.371 e. The highest BCUT2D eigenvalue weighted by atomic mass is 16.1. The lowest BCUT2D eigenvalue weighted by Crippen LogP contribution is -2.32. The molecule has 0 unspecified atom stereocenters. The van der Waals surface area contributed by atoms with Crippen LogP contribution < -0.4 is 15.1 Å². The fourth-order valence-corrected chi connectivity index (χ4v) is 3.66. The lowest BCUT2D eigenvalue weighted by molar-refractivity contribution is -0.118. The Morgan fingerprint density at radius 1 is 0.917 bits per heavy atom. The summed E-state index contributed by atoms with van der Waals surface area (Å²) in [5, 5.41) is 3.18. The molecule has 1 aromatic carbocycles. The van der Waals surface area contributed by atoms with Gasteiger partial charge in [-0.05, 0) is 56.7 Å². The van der Waals surface area contributed by atoms with Crippen LogP contribution >= 0.6 is 0 Å². The predicted molar refractivity (Wildman–Crippen MR) is 102 cm³/mol. The van der Waals surface area contributed by atoms with Crippen molar-refractivity contribution in [3.05, 3.63) is 18.2 Å². The standard InChI is InChI=1S/C20H31N3O/c1-16(2)20(24)21-18-15-17(22-11-5-3-6-12-22)9-10-19(18)23-13-7-4-8-14-23/h9-10,15-16H,3-8,11-14H2,1-2H3,(H,21,24). The molecule has 0 aromatic heterocycles. The third-order valence-corrected chi connectivity index (χ3v) is 5.18. The van der Waals surface area contributed by atoms with Crippen LogP contribution in [0.4, 0.5) is 17.1 Å². The van der Waals surface area contributed by atoms with E-state index in [2.05, 4.69) is 33.3 Å². The van der Waals surface area contributed by atoms with Gasteiger partial charge >= 0.3 is 0 Å². The minimum Gasteiger partial charge on any atom is -0.371 e. The zero-order chi connectivity index (χ0) is 16.9. The van der Waals surface area contributed by atoms with E-state index in [-0.39, 0.29) is 11.8 Å². The molecule has 2 heterocycles. The molecule has 4 nitrogen and oxygen atoms in total. The number of anilines is 3.